The molecule has 2 aliphatic rings. The van der Waals surface area contributed by atoms with Crippen LogP contribution in [0.3, 0.4) is 0 Å². The summed E-state index contributed by atoms with van der Waals surface area (Å²) >= 11 is 0. The first-order chi connectivity index (χ1) is 14.4. The number of carboxylic acids is 1. The fourth-order valence-corrected chi connectivity index (χ4v) is 3.62. The predicted molar refractivity (Wildman–Crippen MR) is 104 cm³/mol. The number of fused-ring (bicyclic) bond motifs is 1. The zero-order valence-corrected chi connectivity index (χ0v) is 17.1. The maximum Gasteiger partial charge on any atom is 0.413 e. The van der Waals surface area contributed by atoms with Crippen LogP contribution in [-0.2, 0) is 25.5 Å². The van der Waals surface area contributed by atoms with E-state index in [9.17, 15) is 14.4 Å². The quantitative estimate of drug-likeness (QED) is 0.330. The molecular formula is C21H27NO8. The first-order valence-electron chi connectivity index (χ1n) is 10.1. The van der Waals surface area contributed by atoms with Crippen molar-refractivity contribution in [3.05, 3.63) is 23.8 Å². The van der Waals surface area contributed by atoms with E-state index in [4.69, 9.17) is 24.1 Å². The molecule has 1 saturated carbocycles. The zero-order valence-electron chi connectivity index (χ0n) is 17.1. The Morgan fingerprint density at radius 1 is 1.10 bits per heavy atom. The van der Waals surface area contributed by atoms with E-state index in [0.717, 1.165) is 24.2 Å². The van der Waals surface area contributed by atoms with Crippen LogP contribution < -0.4 is 9.47 Å². The number of nitrogens with zero attached hydrogens (tertiary/aromatic N) is 1. The Bertz CT molecular complexity index is 789. The number of unbranched alkanes of at least 4 members (excludes halogenated alkanes) is 1. The van der Waals surface area contributed by atoms with Gasteiger partial charge in [0.05, 0.1) is 5.54 Å². The van der Waals surface area contributed by atoms with Crippen molar-refractivity contribution in [1.29, 1.82) is 0 Å². The Labute approximate surface area is 174 Å². The minimum atomic E-state index is -0.897. The second-order valence-electron chi connectivity index (χ2n) is 7.48. The molecule has 0 saturated heterocycles. The summed E-state index contributed by atoms with van der Waals surface area (Å²) in [4.78, 5) is 36.3. The molecular weight excluding hydrogens is 394 g/mol. The van der Waals surface area contributed by atoms with E-state index in [-0.39, 0.29) is 25.2 Å². The second kappa shape index (κ2) is 9.69. The van der Waals surface area contributed by atoms with Gasteiger partial charge in [0.2, 0.25) is 13.6 Å². The highest BCUT2D eigenvalue weighted by atomic mass is 16.7. The largest absolute Gasteiger partial charge is 0.481 e. The lowest BCUT2D eigenvalue weighted by atomic mass is 10.0. The van der Waals surface area contributed by atoms with Crippen LogP contribution in [0.1, 0.15) is 51.0 Å². The van der Waals surface area contributed by atoms with E-state index in [2.05, 4.69) is 0 Å². The van der Waals surface area contributed by atoms with Crippen LogP contribution >= 0.6 is 0 Å². The lowest BCUT2D eigenvalue weighted by Gasteiger charge is -2.30. The minimum absolute atomic E-state index is 0.0131. The predicted octanol–water partition coefficient (Wildman–Crippen LogP) is 3.09. The van der Waals surface area contributed by atoms with E-state index in [1.807, 2.05) is 25.1 Å². The maximum atomic E-state index is 12.6. The van der Waals surface area contributed by atoms with Gasteiger partial charge >= 0.3 is 18.0 Å². The van der Waals surface area contributed by atoms with Gasteiger partial charge < -0.3 is 29.0 Å². The number of hydrogen-bond donors (Lipinski definition) is 1. The summed E-state index contributed by atoms with van der Waals surface area (Å²) in [6.07, 6.45) is 2.82. The van der Waals surface area contributed by atoms with Gasteiger partial charge in [-0.15, -0.1) is 0 Å². The monoisotopic (exact) mass is 421 g/mol. The molecule has 0 spiro atoms. The first-order valence-corrected chi connectivity index (χ1v) is 10.1. The Morgan fingerprint density at radius 3 is 2.53 bits per heavy atom. The van der Waals surface area contributed by atoms with Crippen LogP contribution in [0.2, 0.25) is 0 Å². The molecule has 0 aromatic heterocycles. The van der Waals surface area contributed by atoms with Gasteiger partial charge in [-0.3, -0.25) is 9.59 Å². The van der Waals surface area contributed by atoms with E-state index >= 15 is 0 Å². The molecule has 1 aliphatic carbocycles. The summed E-state index contributed by atoms with van der Waals surface area (Å²) in [6, 6.07) is 5.78. The van der Waals surface area contributed by atoms with Crippen molar-refractivity contribution in [2.45, 2.75) is 57.4 Å². The summed E-state index contributed by atoms with van der Waals surface area (Å²) in [6.45, 7) is 2.13. The molecule has 0 atom stereocenters. The normalized spacial score (nSPS) is 15.4. The number of ether oxygens (including phenoxy) is 4. The molecule has 9 heteroatoms. The molecule has 9 nitrogen and oxygen atoms in total. The van der Waals surface area contributed by atoms with E-state index in [1.165, 1.54) is 0 Å². The third-order valence-electron chi connectivity index (χ3n) is 5.33. The van der Waals surface area contributed by atoms with Gasteiger partial charge in [0.25, 0.3) is 0 Å². The molecule has 0 radical (unpaired) electrons. The van der Waals surface area contributed by atoms with Crippen LogP contribution in [0.5, 0.6) is 11.5 Å². The topological polar surface area (TPSA) is 112 Å². The Morgan fingerprint density at radius 2 is 1.83 bits per heavy atom. The molecule has 0 unspecified atom stereocenters. The van der Waals surface area contributed by atoms with Crippen molar-refractivity contribution in [3.8, 4) is 11.5 Å². The van der Waals surface area contributed by atoms with E-state index in [1.54, 1.807) is 4.90 Å². The molecule has 30 heavy (non-hydrogen) atoms. The molecule has 1 amide bonds. The van der Waals surface area contributed by atoms with Crippen molar-refractivity contribution >= 4 is 18.0 Å². The van der Waals surface area contributed by atoms with Gasteiger partial charge in [0.15, 0.2) is 11.5 Å². The number of carbonyl (C=O) groups is 3. The molecule has 0 bridgehead atoms. The fourth-order valence-electron chi connectivity index (χ4n) is 3.62. The van der Waals surface area contributed by atoms with Crippen LogP contribution in [0, 0.1) is 0 Å². The van der Waals surface area contributed by atoms with Crippen molar-refractivity contribution in [1.82, 2.24) is 4.90 Å². The average molecular weight is 421 g/mol. The number of likely N-dealkylation sites (N-methyl/N-ethyl adjacent to an activating group) is 1. The average Bonchev–Trinajstić information content (AvgIpc) is 3.31. The number of carboxylic acid groups (broad SMARTS) is 1. The Balaban J connectivity index is 1.45. The molecule has 3 rings (SSSR count). The maximum absolute atomic E-state index is 12.6. The molecule has 1 heterocycles. The van der Waals surface area contributed by atoms with Gasteiger partial charge in [0, 0.05) is 19.4 Å². The number of aliphatic carboxylic acids is 1. The number of rotatable bonds is 11. The first kappa shape index (κ1) is 21.7. The number of esters is 1. The molecule has 164 valence electrons. The number of carbonyl (C=O) groups excluding carboxylic acids is 2. The van der Waals surface area contributed by atoms with Crippen molar-refractivity contribution in [2.75, 3.05) is 20.1 Å². The van der Waals surface area contributed by atoms with Crippen LogP contribution in [0.4, 0.5) is 4.79 Å². The van der Waals surface area contributed by atoms with Gasteiger partial charge in [-0.05, 0) is 56.7 Å². The zero-order chi connectivity index (χ0) is 21.6. The van der Waals surface area contributed by atoms with Crippen molar-refractivity contribution in [2.24, 2.45) is 0 Å². The van der Waals surface area contributed by atoms with Gasteiger partial charge in [0.1, 0.15) is 0 Å². The summed E-state index contributed by atoms with van der Waals surface area (Å²) < 4.78 is 20.8. The standard InChI is InChI=1S/C21H27NO8/c1-2-22(20(26)30-14-29-19(25)6-4-3-5-18(23)24)21(9-10-21)12-15-7-8-16-17(11-15)28-13-27-16/h7-8,11H,2-6,9-10,12-14H2,1H3,(H,23,24). The lowest BCUT2D eigenvalue weighted by molar-refractivity contribution is -0.153. The molecule has 1 aliphatic heterocycles. The van der Waals surface area contributed by atoms with Gasteiger partial charge in [-0.2, -0.15) is 0 Å². The summed E-state index contributed by atoms with van der Waals surface area (Å²) in [5, 5.41) is 8.57. The molecule has 1 fully saturated rings. The Kier molecular flexibility index (Phi) is 7.02. The van der Waals surface area contributed by atoms with Crippen LogP contribution in [0.25, 0.3) is 0 Å². The van der Waals surface area contributed by atoms with Crippen molar-refractivity contribution < 1.29 is 38.4 Å². The number of amides is 1. The van der Waals surface area contributed by atoms with Gasteiger partial charge in [-0.1, -0.05) is 6.07 Å². The van der Waals surface area contributed by atoms with E-state index in [0.29, 0.717) is 31.6 Å². The van der Waals surface area contributed by atoms with Crippen molar-refractivity contribution in [3.63, 3.8) is 0 Å². The molecule has 1 aromatic rings. The number of benzene rings is 1. The summed E-state index contributed by atoms with van der Waals surface area (Å²) in [5.74, 6) is 0.0220. The smallest absolute Gasteiger partial charge is 0.413 e. The molecule has 1 N–H and O–H groups in total. The summed E-state index contributed by atoms with van der Waals surface area (Å²) in [7, 11) is 0. The highest BCUT2D eigenvalue weighted by molar-refractivity contribution is 5.71. The van der Waals surface area contributed by atoms with Gasteiger partial charge in [-0.25, -0.2) is 4.79 Å². The molecule has 1 aromatic carbocycles. The van der Waals surface area contributed by atoms with E-state index < -0.39 is 24.8 Å². The highest BCUT2D eigenvalue weighted by Crippen LogP contribution is 2.46. The SMILES string of the molecule is CCN(C(=O)OCOC(=O)CCCCC(=O)O)C1(Cc2ccc3c(c2)OCO3)CC1. The minimum Gasteiger partial charge on any atom is -0.481 e. The third-order valence-corrected chi connectivity index (χ3v) is 5.33. The van der Waals surface area contributed by atoms with Crippen LogP contribution in [-0.4, -0.2) is 53.7 Å². The summed E-state index contributed by atoms with van der Waals surface area (Å²) in [5.41, 5.74) is 0.746. The number of hydrogen-bond acceptors (Lipinski definition) is 7. The fraction of sp³-hybridized carbons (Fsp3) is 0.571. The van der Waals surface area contributed by atoms with Crippen LogP contribution in [0.15, 0.2) is 18.2 Å². The highest BCUT2D eigenvalue weighted by Gasteiger charge is 2.50. The second-order valence-corrected chi connectivity index (χ2v) is 7.48. The Hall–Kier alpha value is -2.97. The lowest BCUT2D eigenvalue weighted by Crippen LogP contribution is -2.44. The third kappa shape index (κ3) is 5.55.